The van der Waals surface area contributed by atoms with E-state index in [0.717, 1.165) is 29.9 Å². The molecule has 0 radical (unpaired) electrons. The Labute approximate surface area is 113 Å². The molecule has 0 atom stereocenters. The van der Waals surface area contributed by atoms with Gasteiger partial charge in [-0.2, -0.15) is 0 Å². The van der Waals surface area contributed by atoms with E-state index in [0.29, 0.717) is 0 Å². The maximum Gasteiger partial charge on any atom is 0.125 e. The number of ether oxygens (including phenoxy) is 2. The van der Waals surface area contributed by atoms with E-state index >= 15 is 0 Å². The minimum Gasteiger partial charge on any atom is -0.508 e. The summed E-state index contributed by atoms with van der Waals surface area (Å²) in [7, 11) is 3.27. The molecule has 0 aliphatic rings. The summed E-state index contributed by atoms with van der Waals surface area (Å²) in [6.07, 6.45) is 1.58. The number of phenols is 1. The summed E-state index contributed by atoms with van der Waals surface area (Å²) in [6, 6.07) is 13.3. The first-order valence-corrected chi connectivity index (χ1v) is 6.22. The van der Waals surface area contributed by atoms with Crippen molar-refractivity contribution in [2.45, 2.75) is 12.8 Å². The van der Waals surface area contributed by atoms with Crippen molar-refractivity contribution in [3.63, 3.8) is 0 Å². The molecule has 0 saturated carbocycles. The molecule has 3 heteroatoms. The fourth-order valence-corrected chi connectivity index (χ4v) is 2.06. The summed E-state index contributed by atoms with van der Waals surface area (Å²) in [5, 5.41) is 9.88. The van der Waals surface area contributed by atoms with Gasteiger partial charge in [0, 0.05) is 5.56 Å². The van der Waals surface area contributed by atoms with Gasteiger partial charge in [-0.05, 0) is 42.7 Å². The van der Waals surface area contributed by atoms with Crippen LogP contribution in [-0.2, 0) is 12.8 Å². The van der Waals surface area contributed by atoms with Crippen LogP contribution in [0.1, 0.15) is 11.1 Å². The third kappa shape index (κ3) is 3.19. The molecule has 2 aromatic rings. The van der Waals surface area contributed by atoms with Gasteiger partial charge >= 0.3 is 0 Å². The van der Waals surface area contributed by atoms with Gasteiger partial charge in [0.05, 0.1) is 14.2 Å². The van der Waals surface area contributed by atoms with Gasteiger partial charge in [-0.3, -0.25) is 0 Å². The van der Waals surface area contributed by atoms with Crippen molar-refractivity contribution in [2.75, 3.05) is 14.2 Å². The van der Waals surface area contributed by atoms with Gasteiger partial charge < -0.3 is 14.6 Å². The zero-order valence-corrected chi connectivity index (χ0v) is 11.2. The molecule has 0 spiro atoms. The molecule has 0 saturated heterocycles. The van der Waals surface area contributed by atoms with Crippen molar-refractivity contribution in [3.05, 3.63) is 53.6 Å². The summed E-state index contributed by atoms with van der Waals surface area (Å²) < 4.78 is 10.4. The average Bonchev–Trinajstić information content (AvgIpc) is 2.46. The Morgan fingerprint density at radius 3 is 2.26 bits per heavy atom. The minimum absolute atomic E-state index is 0.285. The molecule has 0 unspecified atom stereocenters. The van der Waals surface area contributed by atoms with Crippen LogP contribution in [0.3, 0.4) is 0 Å². The van der Waals surface area contributed by atoms with Crippen molar-refractivity contribution in [1.29, 1.82) is 0 Å². The lowest BCUT2D eigenvalue weighted by atomic mass is 10.0. The van der Waals surface area contributed by atoms with Crippen LogP contribution >= 0.6 is 0 Å². The summed E-state index contributed by atoms with van der Waals surface area (Å²) in [5.41, 5.74) is 2.05. The maximum absolute atomic E-state index is 9.88. The lowest BCUT2D eigenvalue weighted by Crippen LogP contribution is -1.96. The lowest BCUT2D eigenvalue weighted by molar-refractivity contribution is 0.399. The van der Waals surface area contributed by atoms with Gasteiger partial charge in [-0.1, -0.05) is 18.2 Å². The zero-order chi connectivity index (χ0) is 13.7. The number of hydrogen-bond acceptors (Lipinski definition) is 3. The average molecular weight is 258 g/mol. The predicted octanol–water partition coefficient (Wildman–Crippen LogP) is 3.19. The van der Waals surface area contributed by atoms with E-state index in [2.05, 4.69) is 0 Å². The van der Waals surface area contributed by atoms with Crippen molar-refractivity contribution in [1.82, 2.24) is 0 Å². The first-order chi connectivity index (χ1) is 9.24. The molecule has 0 aliphatic heterocycles. The number of rotatable bonds is 5. The largest absolute Gasteiger partial charge is 0.508 e. The van der Waals surface area contributed by atoms with Crippen LogP contribution in [0.4, 0.5) is 0 Å². The molecule has 100 valence electrons. The molecule has 19 heavy (non-hydrogen) atoms. The van der Waals surface area contributed by atoms with Crippen LogP contribution in [0.2, 0.25) is 0 Å². The van der Waals surface area contributed by atoms with Crippen LogP contribution in [0, 0.1) is 0 Å². The van der Waals surface area contributed by atoms with Gasteiger partial charge in [-0.15, -0.1) is 0 Å². The van der Waals surface area contributed by atoms with Gasteiger partial charge in [0.1, 0.15) is 17.2 Å². The maximum atomic E-state index is 9.88. The van der Waals surface area contributed by atoms with E-state index in [9.17, 15) is 5.11 Å². The Balaban J connectivity index is 2.09. The molecule has 2 aromatic carbocycles. The normalized spacial score (nSPS) is 10.2. The predicted molar refractivity (Wildman–Crippen MR) is 75.1 cm³/mol. The van der Waals surface area contributed by atoms with E-state index in [4.69, 9.17) is 9.47 Å². The van der Waals surface area contributed by atoms with E-state index in [1.165, 1.54) is 5.56 Å². The second kappa shape index (κ2) is 6.14. The molecule has 0 fully saturated rings. The quantitative estimate of drug-likeness (QED) is 0.895. The molecule has 0 bridgehead atoms. The standard InChI is InChI=1S/C16H18O3/c1-18-13-9-6-12(7-10-13)8-11-14-15(17)4-3-5-16(14)19-2/h3-7,9-10,17H,8,11H2,1-2H3. The highest BCUT2D eigenvalue weighted by molar-refractivity contribution is 5.44. The summed E-state index contributed by atoms with van der Waals surface area (Å²) in [6.45, 7) is 0. The van der Waals surface area contributed by atoms with Crippen LogP contribution in [-0.4, -0.2) is 19.3 Å². The van der Waals surface area contributed by atoms with E-state index in [1.807, 2.05) is 30.3 Å². The van der Waals surface area contributed by atoms with Gasteiger partial charge in [0.2, 0.25) is 0 Å². The molecule has 0 amide bonds. The Bertz CT molecular complexity index is 532. The van der Waals surface area contributed by atoms with Crippen molar-refractivity contribution in [3.8, 4) is 17.2 Å². The molecule has 2 rings (SSSR count). The molecule has 1 N–H and O–H groups in total. The molecule has 0 heterocycles. The second-order valence-electron chi connectivity index (χ2n) is 4.31. The summed E-state index contributed by atoms with van der Waals surface area (Å²) in [4.78, 5) is 0. The van der Waals surface area contributed by atoms with Gasteiger partial charge in [0.25, 0.3) is 0 Å². The Morgan fingerprint density at radius 1 is 0.895 bits per heavy atom. The van der Waals surface area contributed by atoms with Crippen molar-refractivity contribution >= 4 is 0 Å². The first-order valence-electron chi connectivity index (χ1n) is 6.22. The fraction of sp³-hybridized carbons (Fsp3) is 0.250. The summed E-state index contributed by atoms with van der Waals surface area (Å²) in [5.74, 6) is 1.87. The highest BCUT2D eigenvalue weighted by atomic mass is 16.5. The SMILES string of the molecule is COc1ccc(CCc2c(O)cccc2OC)cc1. The van der Waals surface area contributed by atoms with E-state index < -0.39 is 0 Å². The second-order valence-corrected chi connectivity index (χ2v) is 4.31. The van der Waals surface area contributed by atoms with Crippen LogP contribution in [0.5, 0.6) is 17.2 Å². The molecular weight excluding hydrogens is 240 g/mol. The summed E-state index contributed by atoms with van der Waals surface area (Å²) >= 11 is 0. The molecule has 3 nitrogen and oxygen atoms in total. The number of aromatic hydroxyl groups is 1. The molecule has 0 aromatic heterocycles. The van der Waals surface area contributed by atoms with E-state index in [1.54, 1.807) is 26.4 Å². The molecule has 0 aliphatic carbocycles. The number of benzene rings is 2. The smallest absolute Gasteiger partial charge is 0.125 e. The first kappa shape index (κ1) is 13.3. The Hall–Kier alpha value is -2.16. The topological polar surface area (TPSA) is 38.7 Å². The fourth-order valence-electron chi connectivity index (χ4n) is 2.06. The van der Waals surface area contributed by atoms with Gasteiger partial charge in [0.15, 0.2) is 0 Å². The van der Waals surface area contributed by atoms with Crippen molar-refractivity contribution < 1.29 is 14.6 Å². The third-order valence-corrected chi connectivity index (χ3v) is 3.15. The zero-order valence-electron chi connectivity index (χ0n) is 11.2. The van der Waals surface area contributed by atoms with Crippen molar-refractivity contribution in [2.24, 2.45) is 0 Å². The highest BCUT2D eigenvalue weighted by Gasteiger charge is 2.08. The third-order valence-electron chi connectivity index (χ3n) is 3.15. The Morgan fingerprint density at radius 2 is 1.63 bits per heavy atom. The number of hydrogen-bond donors (Lipinski definition) is 1. The van der Waals surface area contributed by atoms with Crippen LogP contribution in [0.25, 0.3) is 0 Å². The lowest BCUT2D eigenvalue weighted by Gasteiger charge is -2.10. The van der Waals surface area contributed by atoms with Gasteiger partial charge in [-0.25, -0.2) is 0 Å². The molecular formula is C16H18O3. The van der Waals surface area contributed by atoms with Crippen LogP contribution < -0.4 is 9.47 Å². The Kier molecular flexibility index (Phi) is 4.29. The number of methoxy groups -OCH3 is 2. The van der Waals surface area contributed by atoms with E-state index in [-0.39, 0.29) is 5.75 Å². The number of phenolic OH excluding ortho intramolecular Hbond substituents is 1. The minimum atomic E-state index is 0.285. The van der Waals surface area contributed by atoms with Crippen LogP contribution in [0.15, 0.2) is 42.5 Å². The monoisotopic (exact) mass is 258 g/mol. The highest BCUT2D eigenvalue weighted by Crippen LogP contribution is 2.28. The number of aryl methyl sites for hydroxylation is 1.